The summed E-state index contributed by atoms with van der Waals surface area (Å²) in [6.45, 7) is 2.09. The van der Waals surface area contributed by atoms with Gasteiger partial charge in [-0.05, 0) is 61.8 Å². The molecule has 0 radical (unpaired) electrons. The Morgan fingerprint density at radius 3 is 2.68 bits per heavy atom. The smallest absolute Gasteiger partial charge is 0.250 e. The van der Waals surface area contributed by atoms with Crippen LogP contribution in [-0.4, -0.2) is 24.1 Å². The van der Waals surface area contributed by atoms with Crippen LogP contribution >= 0.6 is 12.2 Å². The molecule has 1 aliphatic heterocycles. The van der Waals surface area contributed by atoms with Gasteiger partial charge in [0, 0.05) is 19.2 Å². The fraction of sp³-hybridized carbons (Fsp3) is 0.263. The van der Waals surface area contributed by atoms with Crippen LogP contribution in [0, 0.1) is 0 Å². The van der Waals surface area contributed by atoms with Gasteiger partial charge in [-0.3, -0.25) is 10.1 Å². The van der Waals surface area contributed by atoms with Gasteiger partial charge in [-0.1, -0.05) is 12.1 Å². The van der Waals surface area contributed by atoms with Crippen LogP contribution in [0.2, 0.25) is 0 Å². The van der Waals surface area contributed by atoms with E-state index < -0.39 is 0 Å². The molecule has 5 nitrogen and oxygen atoms in total. The number of furan rings is 1. The molecule has 1 aromatic heterocycles. The Kier molecular flexibility index (Phi) is 5.85. The number of nitrogens with zero attached hydrogens (tertiary/aromatic N) is 1. The van der Waals surface area contributed by atoms with E-state index in [0.29, 0.717) is 5.76 Å². The third-order valence-corrected chi connectivity index (χ3v) is 4.23. The summed E-state index contributed by atoms with van der Waals surface area (Å²) in [5.74, 6) is 0.314. The third kappa shape index (κ3) is 4.93. The summed E-state index contributed by atoms with van der Waals surface area (Å²) in [6.07, 6.45) is 8.23. The zero-order valence-corrected chi connectivity index (χ0v) is 14.7. The molecule has 0 atom stereocenters. The Morgan fingerprint density at radius 1 is 1.12 bits per heavy atom. The van der Waals surface area contributed by atoms with Crippen LogP contribution in [0.5, 0.6) is 0 Å². The van der Waals surface area contributed by atoms with Crippen LogP contribution in [0.15, 0.2) is 53.2 Å². The predicted octanol–water partition coefficient (Wildman–Crippen LogP) is 3.80. The third-order valence-electron chi connectivity index (χ3n) is 4.03. The topological polar surface area (TPSA) is 57.5 Å². The van der Waals surface area contributed by atoms with Crippen molar-refractivity contribution in [3.05, 3.63) is 54.5 Å². The van der Waals surface area contributed by atoms with Gasteiger partial charge < -0.3 is 14.6 Å². The quantitative estimate of drug-likeness (QED) is 0.645. The Labute approximate surface area is 152 Å². The van der Waals surface area contributed by atoms with Gasteiger partial charge in [-0.2, -0.15) is 0 Å². The predicted molar refractivity (Wildman–Crippen MR) is 105 cm³/mol. The van der Waals surface area contributed by atoms with Gasteiger partial charge >= 0.3 is 0 Å². The maximum atomic E-state index is 11.9. The number of thiocarbonyl (C=S) groups is 1. The Hall–Kier alpha value is -2.60. The molecule has 0 spiro atoms. The molecular formula is C19H21N3O2S. The molecule has 1 aliphatic rings. The number of rotatable bonds is 4. The fourth-order valence-electron chi connectivity index (χ4n) is 2.84. The first-order valence-electron chi connectivity index (χ1n) is 8.40. The lowest BCUT2D eigenvalue weighted by Gasteiger charge is -2.30. The van der Waals surface area contributed by atoms with Crippen molar-refractivity contribution in [2.75, 3.05) is 23.3 Å². The molecule has 0 unspecified atom stereocenters. The van der Waals surface area contributed by atoms with Crippen molar-refractivity contribution in [2.45, 2.75) is 19.3 Å². The summed E-state index contributed by atoms with van der Waals surface area (Å²) < 4.78 is 5.15. The zero-order chi connectivity index (χ0) is 17.5. The van der Waals surface area contributed by atoms with Crippen molar-refractivity contribution >= 4 is 40.7 Å². The largest absolute Gasteiger partial charge is 0.465 e. The summed E-state index contributed by atoms with van der Waals surface area (Å²) in [4.78, 5) is 14.3. The van der Waals surface area contributed by atoms with E-state index in [1.54, 1.807) is 24.5 Å². The highest BCUT2D eigenvalue weighted by atomic mass is 32.1. The molecule has 0 aliphatic carbocycles. The lowest BCUT2D eigenvalue weighted by molar-refractivity contribution is -0.115. The number of anilines is 2. The van der Waals surface area contributed by atoms with Gasteiger partial charge in [0.1, 0.15) is 5.76 Å². The zero-order valence-electron chi connectivity index (χ0n) is 13.9. The van der Waals surface area contributed by atoms with Gasteiger partial charge in [0.15, 0.2) is 5.11 Å². The van der Waals surface area contributed by atoms with Gasteiger partial charge in [0.05, 0.1) is 17.6 Å². The average Bonchev–Trinajstić information content (AvgIpc) is 3.15. The standard InChI is InChI=1S/C19H21N3O2S/c23-18(11-10-15-7-6-14-24-15)21-19(25)20-16-8-2-3-9-17(16)22-12-4-1-5-13-22/h2-3,6-11,14H,1,4-5,12-13H2,(H2,20,21,23,25)/b11-10+. The van der Waals surface area contributed by atoms with Gasteiger partial charge in [0.25, 0.3) is 0 Å². The number of benzene rings is 1. The second-order valence-electron chi connectivity index (χ2n) is 5.86. The molecule has 2 N–H and O–H groups in total. The summed E-state index contributed by atoms with van der Waals surface area (Å²) in [7, 11) is 0. The molecule has 1 saturated heterocycles. The second-order valence-corrected chi connectivity index (χ2v) is 6.27. The van der Waals surface area contributed by atoms with Gasteiger partial charge in [-0.15, -0.1) is 0 Å². The van der Waals surface area contributed by atoms with Crippen molar-refractivity contribution in [3.63, 3.8) is 0 Å². The van der Waals surface area contributed by atoms with E-state index in [-0.39, 0.29) is 11.0 Å². The van der Waals surface area contributed by atoms with Crippen molar-refractivity contribution in [1.82, 2.24) is 5.32 Å². The van der Waals surface area contributed by atoms with Crippen molar-refractivity contribution in [1.29, 1.82) is 0 Å². The van der Waals surface area contributed by atoms with Crippen LogP contribution in [0.25, 0.3) is 6.08 Å². The molecule has 6 heteroatoms. The first kappa shape index (κ1) is 17.2. The number of carbonyl (C=O) groups is 1. The number of amides is 1. The molecule has 1 amide bonds. The number of carbonyl (C=O) groups excluding carboxylic acids is 1. The molecule has 0 saturated carbocycles. The van der Waals surface area contributed by atoms with E-state index in [4.69, 9.17) is 16.6 Å². The molecule has 2 aromatic rings. The number of para-hydroxylation sites is 2. The van der Waals surface area contributed by atoms with Crippen molar-refractivity contribution in [2.24, 2.45) is 0 Å². The molecule has 1 aromatic carbocycles. The molecule has 25 heavy (non-hydrogen) atoms. The van der Waals surface area contributed by atoms with Crippen LogP contribution in [0.1, 0.15) is 25.0 Å². The minimum atomic E-state index is -0.302. The first-order chi connectivity index (χ1) is 12.2. The Balaban J connectivity index is 1.60. The van der Waals surface area contributed by atoms with Crippen LogP contribution < -0.4 is 15.5 Å². The normalized spacial score (nSPS) is 14.5. The van der Waals surface area contributed by atoms with Crippen molar-refractivity contribution < 1.29 is 9.21 Å². The molecule has 3 rings (SSSR count). The highest BCUT2D eigenvalue weighted by molar-refractivity contribution is 7.80. The SMILES string of the molecule is O=C(/C=C/c1ccco1)NC(=S)Nc1ccccc1N1CCCCC1. The highest BCUT2D eigenvalue weighted by Gasteiger charge is 2.14. The number of hydrogen-bond acceptors (Lipinski definition) is 4. The summed E-state index contributed by atoms with van der Waals surface area (Å²) in [5, 5.41) is 6.06. The van der Waals surface area contributed by atoms with Gasteiger partial charge in [-0.25, -0.2) is 0 Å². The Morgan fingerprint density at radius 2 is 1.92 bits per heavy atom. The summed E-state index contributed by atoms with van der Waals surface area (Å²) in [6, 6.07) is 11.6. The molecule has 0 bridgehead atoms. The summed E-state index contributed by atoms with van der Waals surface area (Å²) in [5.41, 5.74) is 2.02. The second kappa shape index (κ2) is 8.48. The molecule has 1 fully saturated rings. The van der Waals surface area contributed by atoms with Gasteiger partial charge in [0.2, 0.25) is 5.91 Å². The monoisotopic (exact) mass is 355 g/mol. The lowest BCUT2D eigenvalue weighted by Crippen LogP contribution is -2.34. The highest BCUT2D eigenvalue weighted by Crippen LogP contribution is 2.28. The molecule has 2 heterocycles. The van der Waals surface area contributed by atoms with E-state index in [2.05, 4.69) is 21.6 Å². The average molecular weight is 355 g/mol. The van der Waals surface area contributed by atoms with Crippen molar-refractivity contribution in [3.8, 4) is 0 Å². The fourth-order valence-corrected chi connectivity index (χ4v) is 3.05. The minimum absolute atomic E-state index is 0.276. The van der Waals surface area contributed by atoms with Crippen LogP contribution in [0.3, 0.4) is 0 Å². The van der Waals surface area contributed by atoms with E-state index in [9.17, 15) is 4.79 Å². The van der Waals surface area contributed by atoms with E-state index >= 15 is 0 Å². The first-order valence-corrected chi connectivity index (χ1v) is 8.81. The van der Waals surface area contributed by atoms with E-state index in [1.165, 1.54) is 25.3 Å². The lowest BCUT2D eigenvalue weighted by atomic mass is 10.1. The van der Waals surface area contributed by atoms with Crippen LogP contribution in [-0.2, 0) is 4.79 Å². The number of nitrogens with one attached hydrogen (secondary N) is 2. The Bertz CT molecular complexity index is 750. The van der Waals surface area contributed by atoms with E-state index in [1.807, 2.05) is 18.2 Å². The van der Waals surface area contributed by atoms with E-state index in [0.717, 1.165) is 24.5 Å². The molecule has 130 valence electrons. The minimum Gasteiger partial charge on any atom is -0.465 e. The maximum absolute atomic E-state index is 11.9. The summed E-state index contributed by atoms with van der Waals surface area (Å²) >= 11 is 5.27. The maximum Gasteiger partial charge on any atom is 0.250 e. The number of piperidine rings is 1. The number of hydrogen-bond donors (Lipinski definition) is 2. The van der Waals surface area contributed by atoms with Crippen LogP contribution in [0.4, 0.5) is 11.4 Å². The molecular weight excluding hydrogens is 334 g/mol.